The first-order valence-electron chi connectivity index (χ1n) is 8.22. The number of likely N-dealkylation sites (tertiary alicyclic amines) is 1. The van der Waals surface area contributed by atoms with Crippen molar-refractivity contribution in [2.45, 2.75) is 6.54 Å². The lowest BCUT2D eigenvalue weighted by Gasteiger charge is -2.27. The average molecular weight is 329 g/mol. The lowest BCUT2D eigenvalue weighted by molar-refractivity contribution is 0.125. The molecule has 2 aromatic heterocycles. The van der Waals surface area contributed by atoms with Crippen LogP contribution in [0.3, 0.4) is 0 Å². The van der Waals surface area contributed by atoms with Crippen LogP contribution < -0.4 is 10.6 Å². The second-order valence-electron chi connectivity index (χ2n) is 7.00. The fraction of sp³-hybridized carbons (Fsp3) is 0.562. The number of nitrogens with two attached hydrogens (primary N) is 1. The molecule has 3 N–H and O–H groups in total. The summed E-state index contributed by atoms with van der Waals surface area (Å²) in [4.78, 5) is 17.6. The zero-order valence-electron chi connectivity index (χ0n) is 13.8. The van der Waals surface area contributed by atoms with Crippen LogP contribution in [0.25, 0.3) is 0 Å². The highest BCUT2D eigenvalue weighted by Crippen LogP contribution is 2.43. The van der Waals surface area contributed by atoms with E-state index in [-0.39, 0.29) is 12.0 Å². The molecule has 0 radical (unpaired) electrons. The second kappa shape index (κ2) is 5.71. The standard InChI is InChI=1S/C16H23N7O/c1-21-5-4-18-14(21)8-22-6-12-7-23(10-16(12,9-22)11-24)15-19-3-2-13(17)20-15/h2-5,12,24H,6-11H2,1H3,(H2,17,19,20). The molecule has 2 aliphatic rings. The summed E-state index contributed by atoms with van der Waals surface area (Å²) in [5.74, 6) is 2.59. The van der Waals surface area contributed by atoms with Crippen molar-refractivity contribution in [2.24, 2.45) is 18.4 Å². The Bertz CT molecular complexity index is 733. The van der Waals surface area contributed by atoms with Gasteiger partial charge in [0.05, 0.1) is 13.2 Å². The van der Waals surface area contributed by atoms with E-state index in [0.717, 1.165) is 38.5 Å². The highest BCUT2D eigenvalue weighted by Gasteiger charge is 2.52. The predicted octanol–water partition coefficient (Wildman–Crippen LogP) is -0.277. The van der Waals surface area contributed by atoms with Gasteiger partial charge in [0, 0.05) is 57.2 Å². The van der Waals surface area contributed by atoms with Gasteiger partial charge in [-0.3, -0.25) is 4.90 Å². The summed E-state index contributed by atoms with van der Waals surface area (Å²) < 4.78 is 2.05. The zero-order chi connectivity index (χ0) is 16.7. The van der Waals surface area contributed by atoms with Crippen molar-refractivity contribution in [3.8, 4) is 0 Å². The molecule has 4 heterocycles. The number of imidazole rings is 1. The Balaban J connectivity index is 1.49. The first-order chi connectivity index (χ1) is 11.6. The van der Waals surface area contributed by atoms with Gasteiger partial charge in [0.2, 0.25) is 5.95 Å². The van der Waals surface area contributed by atoms with Crippen LogP contribution in [0.5, 0.6) is 0 Å². The van der Waals surface area contributed by atoms with Crippen LogP contribution in [-0.2, 0) is 13.6 Å². The largest absolute Gasteiger partial charge is 0.396 e. The summed E-state index contributed by atoms with van der Waals surface area (Å²) >= 11 is 0. The third-order valence-electron chi connectivity index (χ3n) is 5.38. The van der Waals surface area contributed by atoms with Crippen molar-refractivity contribution in [3.63, 3.8) is 0 Å². The molecule has 8 heteroatoms. The van der Waals surface area contributed by atoms with Gasteiger partial charge in [0.25, 0.3) is 0 Å². The van der Waals surface area contributed by atoms with Crippen LogP contribution in [0.4, 0.5) is 11.8 Å². The maximum absolute atomic E-state index is 10.1. The van der Waals surface area contributed by atoms with Gasteiger partial charge in [-0.1, -0.05) is 0 Å². The molecule has 2 fully saturated rings. The topological polar surface area (TPSA) is 96.3 Å². The average Bonchev–Trinajstić information content (AvgIpc) is 3.21. The van der Waals surface area contributed by atoms with E-state index in [2.05, 4.69) is 24.8 Å². The molecule has 0 spiro atoms. The van der Waals surface area contributed by atoms with E-state index in [0.29, 0.717) is 17.7 Å². The first kappa shape index (κ1) is 15.3. The van der Waals surface area contributed by atoms with Gasteiger partial charge in [-0.2, -0.15) is 4.98 Å². The number of rotatable bonds is 4. The van der Waals surface area contributed by atoms with Crippen molar-refractivity contribution < 1.29 is 5.11 Å². The monoisotopic (exact) mass is 329 g/mol. The number of aliphatic hydroxyl groups excluding tert-OH is 1. The summed E-state index contributed by atoms with van der Waals surface area (Å²) in [6.45, 7) is 4.41. The SMILES string of the molecule is Cn1ccnc1CN1CC2CN(c3nccc(N)n3)CC2(CO)C1. The van der Waals surface area contributed by atoms with Gasteiger partial charge in [-0.15, -0.1) is 0 Å². The molecule has 2 aliphatic heterocycles. The number of hydrogen-bond acceptors (Lipinski definition) is 7. The smallest absolute Gasteiger partial charge is 0.227 e. The van der Waals surface area contributed by atoms with Gasteiger partial charge >= 0.3 is 0 Å². The van der Waals surface area contributed by atoms with E-state index in [1.165, 1.54) is 0 Å². The predicted molar refractivity (Wildman–Crippen MR) is 90.2 cm³/mol. The van der Waals surface area contributed by atoms with Crippen LogP contribution in [0.15, 0.2) is 24.7 Å². The Morgan fingerprint density at radius 3 is 2.83 bits per heavy atom. The Kier molecular flexibility index (Phi) is 3.65. The molecule has 2 atom stereocenters. The van der Waals surface area contributed by atoms with Crippen molar-refractivity contribution in [2.75, 3.05) is 43.4 Å². The minimum Gasteiger partial charge on any atom is -0.396 e. The normalized spacial score (nSPS) is 26.9. The molecular weight excluding hydrogens is 306 g/mol. The van der Waals surface area contributed by atoms with Crippen molar-refractivity contribution in [1.82, 2.24) is 24.4 Å². The summed E-state index contributed by atoms with van der Waals surface area (Å²) in [6, 6.07) is 1.69. The minimum absolute atomic E-state index is 0.126. The molecule has 2 aromatic rings. The summed E-state index contributed by atoms with van der Waals surface area (Å²) in [5.41, 5.74) is 5.65. The number of nitrogens with zero attached hydrogens (tertiary/aromatic N) is 6. The molecule has 4 rings (SSSR count). The van der Waals surface area contributed by atoms with E-state index < -0.39 is 0 Å². The number of aromatic nitrogens is 4. The Morgan fingerprint density at radius 1 is 1.29 bits per heavy atom. The number of anilines is 2. The number of aliphatic hydroxyl groups is 1. The Labute approximate surface area is 140 Å². The molecule has 24 heavy (non-hydrogen) atoms. The Hall–Kier alpha value is -2.19. The Morgan fingerprint density at radius 2 is 2.17 bits per heavy atom. The zero-order valence-corrected chi connectivity index (χ0v) is 13.8. The molecule has 0 aromatic carbocycles. The molecule has 128 valence electrons. The fourth-order valence-electron chi connectivity index (χ4n) is 4.05. The van der Waals surface area contributed by atoms with Gasteiger partial charge in [-0.05, 0) is 12.0 Å². The summed E-state index contributed by atoms with van der Waals surface area (Å²) in [7, 11) is 2.01. The number of hydrogen-bond donors (Lipinski definition) is 2. The van der Waals surface area contributed by atoms with E-state index in [4.69, 9.17) is 5.73 Å². The first-order valence-corrected chi connectivity index (χ1v) is 8.22. The summed E-state index contributed by atoms with van der Waals surface area (Å²) in [6.07, 6.45) is 5.48. The van der Waals surface area contributed by atoms with Crippen LogP contribution in [0.1, 0.15) is 5.82 Å². The van der Waals surface area contributed by atoms with Gasteiger partial charge in [-0.25, -0.2) is 9.97 Å². The van der Waals surface area contributed by atoms with Crippen LogP contribution >= 0.6 is 0 Å². The van der Waals surface area contributed by atoms with Crippen molar-refractivity contribution in [1.29, 1.82) is 0 Å². The minimum atomic E-state index is -0.126. The molecule has 8 nitrogen and oxygen atoms in total. The third kappa shape index (κ3) is 2.51. The lowest BCUT2D eigenvalue weighted by atomic mass is 9.82. The van der Waals surface area contributed by atoms with Gasteiger partial charge in [0.1, 0.15) is 11.6 Å². The molecule has 0 amide bonds. The van der Waals surface area contributed by atoms with Crippen molar-refractivity contribution in [3.05, 3.63) is 30.5 Å². The van der Waals surface area contributed by atoms with E-state index >= 15 is 0 Å². The van der Waals surface area contributed by atoms with Gasteiger partial charge < -0.3 is 20.3 Å². The molecule has 2 saturated heterocycles. The number of nitrogen functional groups attached to an aromatic ring is 1. The van der Waals surface area contributed by atoms with Crippen LogP contribution in [-0.4, -0.2) is 62.3 Å². The quantitative estimate of drug-likeness (QED) is 0.796. The molecule has 0 saturated carbocycles. The van der Waals surface area contributed by atoms with Crippen LogP contribution in [0.2, 0.25) is 0 Å². The number of aryl methyl sites for hydroxylation is 1. The highest BCUT2D eigenvalue weighted by molar-refractivity contribution is 5.40. The highest BCUT2D eigenvalue weighted by atomic mass is 16.3. The molecular formula is C16H23N7O. The van der Waals surface area contributed by atoms with Gasteiger partial charge in [0.15, 0.2) is 0 Å². The fourth-order valence-corrected chi connectivity index (χ4v) is 4.05. The van der Waals surface area contributed by atoms with Crippen LogP contribution in [0, 0.1) is 11.3 Å². The second-order valence-corrected chi connectivity index (χ2v) is 7.00. The lowest BCUT2D eigenvalue weighted by Crippen LogP contribution is -2.37. The molecule has 2 unspecified atom stereocenters. The van der Waals surface area contributed by atoms with E-state index in [1.807, 2.05) is 24.0 Å². The third-order valence-corrected chi connectivity index (χ3v) is 5.38. The van der Waals surface area contributed by atoms with E-state index in [9.17, 15) is 5.11 Å². The molecule has 0 bridgehead atoms. The molecule has 0 aliphatic carbocycles. The maximum Gasteiger partial charge on any atom is 0.227 e. The summed E-state index contributed by atoms with van der Waals surface area (Å²) in [5, 5.41) is 10.1. The number of fused-ring (bicyclic) bond motifs is 1. The van der Waals surface area contributed by atoms with Crippen molar-refractivity contribution >= 4 is 11.8 Å². The van der Waals surface area contributed by atoms with E-state index in [1.54, 1.807) is 12.3 Å². The maximum atomic E-state index is 10.1.